The highest BCUT2D eigenvalue weighted by molar-refractivity contribution is 7.92. The smallest absolute Gasteiger partial charge is 0.264 e. The van der Waals surface area contributed by atoms with Gasteiger partial charge in [-0.2, -0.15) is 0 Å². The van der Waals surface area contributed by atoms with E-state index in [9.17, 15) is 18.0 Å². The summed E-state index contributed by atoms with van der Waals surface area (Å²) in [6.45, 7) is 8.88. The summed E-state index contributed by atoms with van der Waals surface area (Å²) in [6.07, 6.45) is 0.216. The third-order valence-corrected chi connectivity index (χ3v) is 9.62. The molecule has 1 atom stereocenters. The van der Waals surface area contributed by atoms with Gasteiger partial charge in [0.25, 0.3) is 10.0 Å². The minimum atomic E-state index is -4.28. The van der Waals surface area contributed by atoms with Gasteiger partial charge in [0.05, 0.1) is 10.6 Å². The van der Waals surface area contributed by atoms with Crippen molar-refractivity contribution in [2.45, 2.75) is 64.1 Å². The molecule has 0 fully saturated rings. The Morgan fingerprint density at radius 1 is 0.826 bits per heavy atom. The van der Waals surface area contributed by atoms with E-state index in [4.69, 9.17) is 23.2 Å². The Labute approximate surface area is 282 Å². The van der Waals surface area contributed by atoms with Crippen LogP contribution in [0.4, 0.5) is 5.69 Å². The zero-order valence-electron chi connectivity index (χ0n) is 26.6. The number of carbonyl (C=O) groups excluding carboxylic acids is 2. The molecule has 4 rings (SSSR count). The summed E-state index contributed by atoms with van der Waals surface area (Å²) < 4.78 is 29.4. The molecular weight excluding hydrogens is 641 g/mol. The summed E-state index contributed by atoms with van der Waals surface area (Å²) in [5.41, 5.74) is 3.04. The first-order valence-corrected chi connectivity index (χ1v) is 17.1. The second-order valence-corrected chi connectivity index (χ2v) is 15.1. The van der Waals surface area contributed by atoms with Crippen LogP contribution in [0.15, 0.2) is 102 Å². The van der Waals surface area contributed by atoms with Gasteiger partial charge in [-0.25, -0.2) is 8.42 Å². The molecule has 4 aromatic carbocycles. The van der Waals surface area contributed by atoms with Crippen LogP contribution in [0.1, 0.15) is 43.0 Å². The molecular formula is C36H39Cl2N3O4S. The standard InChI is InChI=1S/C36H39Cl2N3O4S/c1-25-15-17-32(18-16-25)46(44,45)41(31-21-29(37)20-30(38)22-31)24-34(42)40(23-28-14-10-9-11-26(28)2)33(35(43)39-36(3,4)5)19-27-12-7-6-8-13-27/h6-18,20-22,33H,19,23-24H2,1-5H3,(H,39,43)/t33-/m1/s1. The fourth-order valence-electron chi connectivity index (χ4n) is 5.03. The normalized spacial score (nSPS) is 12.3. The highest BCUT2D eigenvalue weighted by Gasteiger charge is 2.36. The van der Waals surface area contributed by atoms with Gasteiger partial charge in [0.15, 0.2) is 0 Å². The highest BCUT2D eigenvalue weighted by Crippen LogP contribution is 2.30. The number of nitrogens with one attached hydrogen (secondary N) is 1. The maximum atomic E-state index is 14.6. The lowest BCUT2D eigenvalue weighted by Crippen LogP contribution is -2.56. The number of amides is 2. The number of hydrogen-bond donors (Lipinski definition) is 1. The third-order valence-electron chi connectivity index (χ3n) is 7.39. The van der Waals surface area contributed by atoms with Crippen LogP contribution in [0.2, 0.25) is 10.0 Å². The molecule has 0 aromatic heterocycles. The van der Waals surface area contributed by atoms with Crippen LogP contribution >= 0.6 is 23.2 Å². The molecule has 0 aliphatic heterocycles. The zero-order chi connectivity index (χ0) is 33.6. The molecule has 0 saturated carbocycles. The predicted octanol–water partition coefficient (Wildman–Crippen LogP) is 7.36. The lowest BCUT2D eigenvalue weighted by atomic mass is 10.00. The average molecular weight is 681 g/mol. The lowest BCUT2D eigenvalue weighted by molar-refractivity contribution is -0.140. The van der Waals surface area contributed by atoms with Crippen molar-refractivity contribution in [3.63, 3.8) is 0 Å². The molecule has 242 valence electrons. The Morgan fingerprint density at radius 2 is 1.41 bits per heavy atom. The van der Waals surface area contributed by atoms with E-state index in [-0.39, 0.29) is 39.5 Å². The first kappa shape index (κ1) is 35.0. The van der Waals surface area contributed by atoms with Gasteiger partial charge in [0, 0.05) is 28.5 Å². The zero-order valence-corrected chi connectivity index (χ0v) is 29.0. The molecule has 0 heterocycles. The number of benzene rings is 4. The summed E-state index contributed by atoms with van der Waals surface area (Å²) in [4.78, 5) is 30.1. The molecule has 0 aliphatic carbocycles. The van der Waals surface area contributed by atoms with E-state index in [0.29, 0.717) is 0 Å². The van der Waals surface area contributed by atoms with Gasteiger partial charge < -0.3 is 10.2 Å². The van der Waals surface area contributed by atoms with Gasteiger partial charge >= 0.3 is 0 Å². The van der Waals surface area contributed by atoms with Crippen LogP contribution in [0.25, 0.3) is 0 Å². The lowest BCUT2D eigenvalue weighted by Gasteiger charge is -2.35. The summed E-state index contributed by atoms with van der Waals surface area (Å²) in [6, 6.07) is 26.8. The predicted molar refractivity (Wildman–Crippen MR) is 186 cm³/mol. The van der Waals surface area contributed by atoms with Crippen molar-refractivity contribution >= 4 is 50.7 Å². The van der Waals surface area contributed by atoms with Crippen molar-refractivity contribution in [1.82, 2.24) is 10.2 Å². The van der Waals surface area contributed by atoms with Crippen LogP contribution in [0, 0.1) is 13.8 Å². The number of aryl methyl sites for hydroxylation is 2. The Bertz CT molecular complexity index is 1770. The fraction of sp³-hybridized carbons (Fsp3) is 0.278. The number of halogens is 2. The van der Waals surface area contributed by atoms with Crippen molar-refractivity contribution < 1.29 is 18.0 Å². The van der Waals surface area contributed by atoms with E-state index in [1.807, 2.05) is 89.2 Å². The SMILES string of the molecule is Cc1ccc(S(=O)(=O)N(CC(=O)N(Cc2ccccc2C)[C@H](Cc2ccccc2)C(=O)NC(C)(C)C)c2cc(Cl)cc(Cl)c2)cc1. The van der Waals surface area contributed by atoms with Crippen LogP contribution in [-0.4, -0.2) is 43.3 Å². The van der Waals surface area contributed by atoms with Crippen LogP contribution in [0.3, 0.4) is 0 Å². The van der Waals surface area contributed by atoms with E-state index in [1.165, 1.54) is 35.2 Å². The number of rotatable bonds is 11. The summed E-state index contributed by atoms with van der Waals surface area (Å²) in [5, 5.41) is 3.46. The number of carbonyl (C=O) groups is 2. The molecule has 10 heteroatoms. The van der Waals surface area contributed by atoms with Gasteiger partial charge in [-0.05, 0) is 81.6 Å². The minimum absolute atomic E-state index is 0.00115. The maximum absolute atomic E-state index is 14.6. The monoisotopic (exact) mass is 679 g/mol. The minimum Gasteiger partial charge on any atom is -0.350 e. The average Bonchev–Trinajstić information content (AvgIpc) is 2.97. The largest absolute Gasteiger partial charge is 0.350 e. The third kappa shape index (κ3) is 9.12. The maximum Gasteiger partial charge on any atom is 0.264 e. The van der Waals surface area contributed by atoms with Crippen molar-refractivity contribution in [2.75, 3.05) is 10.8 Å². The summed E-state index contributed by atoms with van der Waals surface area (Å²) >= 11 is 12.6. The summed E-state index contributed by atoms with van der Waals surface area (Å²) in [5.74, 6) is -0.919. The van der Waals surface area contributed by atoms with Crippen molar-refractivity contribution in [3.8, 4) is 0 Å². The Hall–Kier alpha value is -3.85. The van der Waals surface area contributed by atoms with E-state index in [1.54, 1.807) is 12.1 Å². The van der Waals surface area contributed by atoms with Crippen molar-refractivity contribution in [3.05, 3.63) is 129 Å². The van der Waals surface area contributed by atoms with Gasteiger partial charge in [-0.3, -0.25) is 13.9 Å². The van der Waals surface area contributed by atoms with Gasteiger partial charge in [0.2, 0.25) is 11.8 Å². The van der Waals surface area contributed by atoms with E-state index in [0.717, 1.165) is 26.6 Å². The molecule has 0 radical (unpaired) electrons. The fourth-order valence-corrected chi connectivity index (χ4v) is 6.94. The van der Waals surface area contributed by atoms with Crippen LogP contribution in [-0.2, 0) is 32.6 Å². The second kappa shape index (κ2) is 14.7. The van der Waals surface area contributed by atoms with Gasteiger partial charge in [-0.1, -0.05) is 95.5 Å². The molecule has 7 nitrogen and oxygen atoms in total. The molecule has 0 bridgehead atoms. The topological polar surface area (TPSA) is 86.8 Å². The Morgan fingerprint density at radius 3 is 2.00 bits per heavy atom. The first-order valence-electron chi connectivity index (χ1n) is 14.9. The van der Waals surface area contributed by atoms with Crippen LogP contribution in [0.5, 0.6) is 0 Å². The molecule has 1 N–H and O–H groups in total. The van der Waals surface area contributed by atoms with E-state index < -0.39 is 34.1 Å². The molecule has 0 unspecified atom stereocenters. The van der Waals surface area contributed by atoms with Gasteiger partial charge in [0.1, 0.15) is 12.6 Å². The molecule has 0 saturated heterocycles. The Kier molecular flexibility index (Phi) is 11.2. The number of nitrogens with zero attached hydrogens (tertiary/aromatic N) is 2. The van der Waals surface area contributed by atoms with Crippen LogP contribution < -0.4 is 9.62 Å². The molecule has 2 amide bonds. The molecule has 0 aliphatic rings. The van der Waals surface area contributed by atoms with Crippen molar-refractivity contribution in [1.29, 1.82) is 0 Å². The first-order chi connectivity index (χ1) is 21.6. The number of anilines is 1. The molecule has 0 spiro atoms. The summed E-state index contributed by atoms with van der Waals surface area (Å²) in [7, 11) is -4.28. The van der Waals surface area contributed by atoms with E-state index in [2.05, 4.69) is 5.32 Å². The highest BCUT2D eigenvalue weighted by atomic mass is 35.5. The quantitative estimate of drug-likeness (QED) is 0.179. The molecule has 4 aromatic rings. The van der Waals surface area contributed by atoms with E-state index >= 15 is 0 Å². The van der Waals surface area contributed by atoms with Gasteiger partial charge in [-0.15, -0.1) is 0 Å². The second-order valence-electron chi connectivity index (χ2n) is 12.3. The number of sulfonamides is 1. The van der Waals surface area contributed by atoms with Crippen molar-refractivity contribution in [2.24, 2.45) is 0 Å². The number of hydrogen-bond acceptors (Lipinski definition) is 4. The Balaban J connectivity index is 1.85. The molecule has 46 heavy (non-hydrogen) atoms.